The van der Waals surface area contributed by atoms with E-state index >= 15 is 0 Å². The van der Waals surface area contributed by atoms with E-state index < -0.39 is 17.5 Å². The maximum Gasteiger partial charge on any atom is 0.152 e. The van der Waals surface area contributed by atoms with E-state index in [1.165, 1.54) is 0 Å². The minimum absolute atomic E-state index is 0.121. The van der Waals surface area contributed by atoms with E-state index in [2.05, 4.69) is 17.2 Å². The summed E-state index contributed by atoms with van der Waals surface area (Å²) in [4.78, 5) is 0. The van der Waals surface area contributed by atoms with Crippen molar-refractivity contribution in [3.8, 4) is 11.8 Å². The zero-order valence-corrected chi connectivity index (χ0v) is 7.50. The van der Waals surface area contributed by atoms with Crippen LogP contribution in [0.4, 0.5) is 18.9 Å². The number of benzene rings is 1. The van der Waals surface area contributed by atoms with E-state index in [1.807, 2.05) is 0 Å². The highest BCUT2D eigenvalue weighted by atomic mass is 19.1. The molecule has 0 aliphatic rings. The summed E-state index contributed by atoms with van der Waals surface area (Å²) in [6, 6.07) is 1.23. The average Bonchev–Trinajstić information content (AvgIpc) is 2.09. The van der Waals surface area contributed by atoms with Gasteiger partial charge in [0.1, 0.15) is 11.5 Å². The van der Waals surface area contributed by atoms with Crippen molar-refractivity contribution in [2.24, 2.45) is 0 Å². The summed E-state index contributed by atoms with van der Waals surface area (Å²) in [5.74, 6) is 2.28. The van der Waals surface area contributed by atoms with Gasteiger partial charge < -0.3 is 5.32 Å². The Morgan fingerprint density at radius 3 is 2.29 bits per heavy atom. The second-order valence-electron chi connectivity index (χ2n) is 2.52. The molecule has 74 valence electrons. The lowest BCUT2D eigenvalue weighted by atomic mass is 10.3. The molecule has 1 N–H and O–H groups in total. The van der Waals surface area contributed by atoms with Gasteiger partial charge in [0, 0.05) is 12.1 Å². The molecule has 0 aliphatic carbocycles. The summed E-state index contributed by atoms with van der Waals surface area (Å²) in [6.45, 7) is 1.73. The zero-order valence-electron chi connectivity index (χ0n) is 7.50. The van der Waals surface area contributed by atoms with Crippen molar-refractivity contribution in [3.05, 3.63) is 29.6 Å². The van der Waals surface area contributed by atoms with Crippen molar-refractivity contribution in [1.29, 1.82) is 0 Å². The van der Waals surface area contributed by atoms with Gasteiger partial charge in [0.15, 0.2) is 11.6 Å². The summed E-state index contributed by atoms with van der Waals surface area (Å²) in [6.07, 6.45) is 0. The SMILES string of the molecule is CC#CCNc1c(F)cc(F)cc1F. The fourth-order valence-electron chi connectivity index (χ4n) is 0.932. The first-order valence-electron chi connectivity index (χ1n) is 3.93. The van der Waals surface area contributed by atoms with Crippen LogP contribution in [0.3, 0.4) is 0 Å². The Morgan fingerprint density at radius 1 is 1.21 bits per heavy atom. The minimum Gasteiger partial charge on any atom is -0.369 e. The molecule has 1 rings (SSSR count). The van der Waals surface area contributed by atoms with Crippen molar-refractivity contribution in [1.82, 2.24) is 0 Å². The number of halogens is 3. The van der Waals surface area contributed by atoms with Gasteiger partial charge >= 0.3 is 0 Å². The van der Waals surface area contributed by atoms with Crippen molar-refractivity contribution >= 4 is 5.69 Å². The molecule has 0 aliphatic heterocycles. The minimum atomic E-state index is -0.958. The third-order valence-electron chi connectivity index (χ3n) is 1.54. The first kappa shape index (κ1) is 10.5. The lowest BCUT2D eigenvalue weighted by Gasteiger charge is -2.05. The van der Waals surface area contributed by atoms with E-state index in [0.29, 0.717) is 12.1 Å². The second-order valence-corrected chi connectivity index (χ2v) is 2.52. The topological polar surface area (TPSA) is 12.0 Å². The summed E-state index contributed by atoms with van der Waals surface area (Å²) in [7, 11) is 0. The van der Waals surface area contributed by atoms with Gasteiger partial charge in [-0.15, -0.1) is 5.92 Å². The van der Waals surface area contributed by atoms with Gasteiger partial charge in [0.25, 0.3) is 0 Å². The smallest absolute Gasteiger partial charge is 0.152 e. The molecule has 0 saturated carbocycles. The quantitative estimate of drug-likeness (QED) is 0.722. The fourth-order valence-corrected chi connectivity index (χ4v) is 0.932. The molecule has 0 radical (unpaired) electrons. The van der Waals surface area contributed by atoms with Crippen LogP contribution in [0, 0.1) is 29.3 Å². The number of anilines is 1. The number of rotatable bonds is 2. The standard InChI is InChI=1S/C10H8F3N/c1-2-3-4-14-10-8(12)5-7(11)6-9(10)13/h5-6,14H,4H2,1H3. The van der Waals surface area contributed by atoms with Crippen LogP contribution in [0.2, 0.25) is 0 Å². The maximum absolute atomic E-state index is 12.9. The van der Waals surface area contributed by atoms with Crippen LogP contribution in [0.1, 0.15) is 6.92 Å². The highest BCUT2D eigenvalue weighted by Gasteiger charge is 2.09. The molecular weight excluding hydrogens is 191 g/mol. The fraction of sp³-hybridized carbons (Fsp3) is 0.200. The summed E-state index contributed by atoms with van der Waals surface area (Å²) in [5, 5.41) is 2.42. The molecule has 0 saturated heterocycles. The molecule has 0 spiro atoms. The molecule has 4 heteroatoms. The monoisotopic (exact) mass is 199 g/mol. The first-order chi connectivity index (χ1) is 6.65. The predicted octanol–water partition coefficient (Wildman–Crippen LogP) is 2.54. The van der Waals surface area contributed by atoms with Crippen molar-refractivity contribution < 1.29 is 13.2 Å². The van der Waals surface area contributed by atoms with Gasteiger partial charge in [-0.05, 0) is 6.92 Å². The van der Waals surface area contributed by atoms with Crippen LogP contribution in [0.15, 0.2) is 12.1 Å². The van der Waals surface area contributed by atoms with Gasteiger partial charge in [-0.2, -0.15) is 0 Å². The van der Waals surface area contributed by atoms with E-state index in [-0.39, 0.29) is 12.2 Å². The third-order valence-corrected chi connectivity index (χ3v) is 1.54. The van der Waals surface area contributed by atoms with Crippen molar-refractivity contribution in [2.75, 3.05) is 11.9 Å². The van der Waals surface area contributed by atoms with Crippen molar-refractivity contribution in [3.63, 3.8) is 0 Å². The third kappa shape index (κ3) is 2.43. The van der Waals surface area contributed by atoms with Crippen LogP contribution >= 0.6 is 0 Å². The highest BCUT2D eigenvalue weighted by molar-refractivity contribution is 5.47. The molecule has 0 amide bonds. The molecule has 0 fully saturated rings. The summed E-state index contributed by atoms with van der Waals surface area (Å²) in [5.41, 5.74) is -0.353. The molecule has 1 aromatic rings. The van der Waals surface area contributed by atoms with Gasteiger partial charge in [-0.3, -0.25) is 0 Å². The first-order valence-corrected chi connectivity index (χ1v) is 3.93. The van der Waals surface area contributed by atoms with E-state index in [9.17, 15) is 13.2 Å². The Balaban J connectivity index is 2.89. The predicted molar refractivity (Wildman–Crippen MR) is 48.3 cm³/mol. The lowest BCUT2D eigenvalue weighted by Crippen LogP contribution is -2.04. The highest BCUT2D eigenvalue weighted by Crippen LogP contribution is 2.19. The number of hydrogen-bond acceptors (Lipinski definition) is 1. The average molecular weight is 199 g/mol. The van der Waals surface area contributed by atoms with Crippen LogP contribution in [-0.2, 0) is 0 Å². The Morgan fingerprint density at radius 2 is 1.79 bits per heavy atom. The number of nitrogens with one attached hydrogen (secondary N) is 1. The second kappa shape index (κ2) is 4.56. The normalized spacial score (nSPS) is 9.14. The molecular formula is C10H8F3N. The van der Waals surface area contributed by atoms with Crippen LogP contribution in [0.25, 0.3) is 0 Å². The molecule has 0 atom stereocenters. The molecule has 1 aromatic carbocycles. The van der Waals surface area contributed by atoms with E-state index in [0.717, 1.165) is 0 Å². The van der Waals surface area contributed by atoms with Gasteiger partial charge in [-0.25, -0.2) is 13.2 Å². The van der Waals surface area contributed by atoms with Gasteiger partial charge in [-0.1, -0.05) is 5.92 Å². The Kier molecular flexibility index (Phi) is 3.41. The van der Waals surface area contributed by atoms with Crippen LogP contribution < -0.4 is 5.32 Å². The molecule has 1 nitrogen and oxygen atoms in total. The molecule has 0 aromatic heterocycles. The Hall–Kier alpha value is -1.63. The van der Waals surface area contributed by atoms with Crippen LogP contribution in [0.5, 0.6) is 0 Å². The molecule has 0 unspecified atom stereocenters. The van der Waals surface area contributed by atoms with E-state index in [1.54, 1.807) is 6.92 Å². The zero-order chi connectivity index (χ0) is 10.6. The van der Waals surface area contributed by atoms with Gasteiger partial charge in [0.2, 0.25) is 0 Å². The Bertz CT molecular complexity index is 367. The van der Waals surface area contributed by atoms with Gasteiger partial charge in [0.05, 0.1) is 6.54 Å². The maximum atomic E-state index is 12.9. The Labute approximate surface area is 79.9 Å². The number of hydrogen-bond donors (Lipinski definition) is 1. The lowest BCUT2D eigenvalue weighted by molar-refractivity contribution is 0.548. The van der Waals surface area contributed by atoms with E-state index in [4.69, 9.17) is 0 Å². The van der Waals surface area contributed by atoms with Crippen molar-refractivity contribution in [2.45, 2.75) is 6.92 Å². The largest absolute Gasteiger partial charge is 0.369 e. The molecule has 14 heavy (non-hydrogen) atoms. The molecule has 0 bridgehead atoms. The summed E-state index contributed by atoms with van der Waals surface area (Å²) < 4.78 is 38.4. The van der Waals surface area contributed by atoms with Crippen LogP contribution in [-0.4, -0.2) is 6.54 Å². The molecule has 0 heterocycles. The summed E-state index contributed by atoms with van der Waals surface area (Å²) >= 11 is 0.